The molecule has 1 aromatic rings. The van der Waals surface area contributed by atoms with Gasteiger partial charge < -0.3 is 4.90 Å². The van der Waals surface area contributed by atoms with Crippen LogP contribution in [0.15, 0.2) is 36.4 Å². The minimum atomic E-state index is 0.0929. The molecular weight excluding hydrogens is 370 g/mol. The van der Waals surface area contributed by atoms with Crippen LogP contribution in [-0.4, -0.2) is 47.9 Å². The number of allylic oxidation sites excluding steroid dienone is 2. The summed E-state index contributed by atoms with van der Waals surface area (Å²) in [5.41, 5.74) is 3.03. The van der Waals surface area contributed by atoms with Crippen LogP contribution >= 0.6 is 0 Å². The highest BCUT2D eigenvalue weighted by Gasteiger charge is 2.27. The zero-order valence-corrected chi connectivity index (χ0v) is 17.9. The monoisotopic (exact) mass is 403 g/mol. The second-order valence-corrected chi connectivity index (χ2v) is 8.92. The Bertz CT molecular complexity index is 830. The minimum absolute atomic E-state index is 0.0929. The lowest BCUT2D eigenvalue weighted by Crippen LogP contribution is -2.51. The first kappa shape index (κ1) is 20.9. The molecular formula is C26H33N3O. The Morgan fingerprint density at radius 3 is 2.37 bits per heavy atom. The van der Waals surface area contributed by atoms with E-state index in [9.17, 15) is 10.1 Å². The SMILES string of the molecule is N#Cc1cccc(C2CCCC2)c1C=CC=CC(=O)N1CCN(C2CCCC2)CC1. The Kier molecular flexibility index (Phi) is 7.02. The second-order valence-electron chi connectivity index (χ2n) is 8.92. The number of nitriles is 1. The number of nitrogens with zero attached hydrogens (tertiary/aromatic N) is 3. The molecule has 3 aliphatic rings. The fraction of sp³-hybridized carbons (Fsp3) is 0.538. The number of piperazine rings is 1. The Morgan fingerprint density at radius 2 is 1.67 bits per heavy atom. The van der Waals surface area contributed by atoms with Crippen LogP contribution in [0.5, 0.6) is 0 Å². The molecule has 3 fully saturated rings. The van der Waals surface area contributed by atoms with E-state index in [1.807, 2.05) is 35.3 Å². The Morgan fingerprint density at radius 1 is 0.967 bits per heavy atom. The summed E-state index contributed by atoms with van der Waals surface area (Å²) in [6.07, 6.45) is 17.7. The van der Waals surface area contributed by atoms with Crippen molar-refractivity contribution in [1.82, 2.24) is 9.80 Å². The van der Waals surface area contributed by atoms with Gasteiger partial charge in [-0.25, -0.2) is 0 Å². The van der Waals surface area contributed by atoms with Crippen molar-refractivity contribution in [2.75, 3.05) is 26.2 Å². The van der Waals surface area contributed by atoms with E-state index in [0.717, 1.165) is 43.3 Å². The zero-order valence-electron chi connectivity index (χ0n) is 17.9. The van der Waals surface area contributed by atoms with Gasteiger partial charge in [-0.1, -0.05) is 56.0 Å². The molecule has 0 spiro atoms. The molecule has 0 unspecified atom stereocenters. The highest BCUT2D eigenvalue weighted by molar-refractivity contribution is 5.88. The lowest BCUT2D eigenvalue weighted by molar-refractivity contribution is -0.128. The summed E-state index contributed by atoms with van der Waals surface area (Å²) in [6.45, 7) is 3.65. The van der Waals surface area contributed by atoms with Gasteiger partial charge in [-0.05, 0) is 48.8 Å². The van der Waals surface area contributed by atoms with Gasteiger partial charge in [0.15, 0.2) is 0 Å². The van der Waals surface area contributed by atoms with Crippen LogP contribution in [-0.2, 0) is 4.79 Å². The summed E-state index contributed by atoms with van der Waals surface area (Å²) in [5.74, 6) is 0.648. The highest BCUT2D eigenvalue weighted by atomic mass is 16.2. The smallest absolute Gasteiger partial charge is 0.246 e. The van der Waals surface area contributed by atoms with Gasteiger partial charge in [0.25, 0.3) is 0 Å². The maximum atomic E-state index is 12.6. The summed E-state index contributed by atoms with van der Waals surface area (Å²) in [4.78, 5) is 17.1. The topological polar surface area (TPSA) is 47.3 Å². The summed E-state index contributed by atoms with van der Waals surface area (Å²) < 4.78 is 0. The summed E-state index contributed by atoms with van der Waals surface area (Å²) >= 11 is 0. The van der Waals surface area contributed by atoms with E-state index < -0.39 is 0 Å². The van der Waals surface area contributed by atoms with E-state index in [1.165, 1.54) is 56.9 Å². The van der Waals surface area contributed by atoms with Crippen LogP contribution in [0.3, 0.4) is 0 Å². The third-order valence-electron chi connectivity index (χ3n) is 7.14. The lowest BCUT2D eigenvalue weighted by Gasteiger charge is -2.37. The van der Waals surface area contributed by atoms with Gasteiger partial charge >= 0.3 is 0 Å². The van der Waals surface area contributed by atoms with Gasteiger partial charge in [0.1, 0.15) is 0 Å². The third-order valence-corrected chi connectivity index (χ3v) is 7.14. The molecule has 2 aliphatic carbocycles. The van der Waals surface area contributed by atoms with Crippen molar-refractivity contribution in [3.8, 4) is 6.07 Å². The Labute approximate surface area is 180 Å². The van der Waals surface area contributed by atoms with Crippen LogP contribution in [0.1, 0.15) is 74.0 Å². The van der Waals surface area contributed by atoms with Crippen molar-refractivity contribution in [2.45, 2.75) is 63.3 Å². The average molecular weight is 404 g/mol. The van der Waals surface area contributed by atoms with Crippen molar-refractivity contribution in [3.05, 3.63) is 53.1 Å². The van der Waals surface area contributed by atoms with Crippen molar-refractivity contribution in [3.63, 3.8) is 0 Å². The quantitative estimate of drug-likeness (QED) is 0.520. The third kappa shape index (κ3) is 4.84. The Balaban J connectivity index is 1.35. The van der Waals surface area contributed by atoms with E-state index in [-0.39, 0.29) is 5.91 Å². The van der Waals surface area contributed by atoms with Crippen LogP contribution in [0.25, 0.3) is 6.08 Å². The largest absolute Gasteiger partial charge is 0.337 e. The molecule has 0 aromatic heterocycles. The fourth-order valence-corrected chi connectivity index (χ4v) is 5.43. The van der Waals surface area contributed by atoms with Crippen LogP contribution in [0, 0.1) is 11.3 Å². The predicted molar refractivity (Wildman–Crippen MR) is 121 cm³/mol. The molecule has 4 rings (SSSR count). The number of carbonyl (C=O) groups is 1. The number of benzene rings is 1. The first-order valence-corrected chi connectivity index (χ1v) is 11.7. The molecule has 1 heterocycles. The van der Waals surface area contributed by atoms with Crippen molar-refractivity contribution in [2.24, 2.45) is 0 Å². The zero-order chi connectivity index (χ0) is 20.8. The number of hydrogen-bond donors (Lipinski definition) is 0. The van der Waals surface area contributed by atoms with Gasteiger partial charge in [0, 0.05) is 38.3 Å². The fourth-order valence-electron chi connectivity index (χ4n) is 5.43. The molecule has 4 nitrogen and oxygen atoms in total. The molecule has 0 N–H and O–H groups in total. The molecule has 1 amide bonds. The van der Waals surface area contributed by atoms with E-state index in [2.05, 4.69) is 17.0 Å². The standard InChI is InChI=1S/C26H33N3O/c27-20-22-10-7-14-24(21-8-1-2-9-21)25(22)13-5-6-15-26(30)29-18-16-28(17-19-29)23-11-3-4-12-23/h5-7,10,13-15,21,23H,1-4,8-9,11-12,16-19H2. The second kappa shape index (κ2) is 10.1. The van der Waals surface area contributed by atoms with Gasteiger partial charge in [-0.2, -0.15) is 5.26 Å². The molecule has 1 saturated heterocycles. The predicted octanol–water partition coefficient (Wildman–Crippen LogP) is 4.87. The first-order valence-electron chi connectivity index (χ1n) is 11.7. The normalized spacial score (nSPS) is 21.8. The molecule has 2 saturated carbocycles. The Hall–Kier alpha value is -2.38. The lowest BCUT2D eigenvalue weighted by atomic mass is 9.90. The summed E-state index contributed by atoms with van der Waals surface area (Å²) in [6, 6.07) is 9.12. The molecule has 4 heteroatoms. The van der Waals surface area contributed by atoms with Crippen molar-refractivity contribution < 1.29 is 4.79 Å². The number of carbonyl (C=O) groups excluding carboxylic acids is 1. The maximum Gasteiger partial charge on any atom is 0.246 e. The molecule has 0 atom stereocenters. The molecule has 1 aliphatic heterocycles. The van der Waals surface area contributed by atoms with Gasteiger partial charge in [0.05, 0.1) is 11.6 Å². The minimum Gasteiger partial charge on any atom is -0.337 e. The van der Waals surface area contributed by atoms with Gasteiger partial charge in [-0.15, -0.1) is 0 Å². The molecule has 0 bridgehead atoms. The number of amides is 1. The first-order chi connectivity index (χ1) is 14.8. The van der Waals surface area contributed by atoms with E-state index in [1.54, 1.807) is 6.08 Å². The van der Waals surface area contributed by atoms with E-state index >= 15 is 0 Å². The van der Waals surface area contributed by atoms with Crippen molar-refractivity contribution >= 4 is 12.0 Å². The summed E-state index contributed by atoms with van der Waals surface area (Å²) in [5, 5.41) is 9.53. The van der Waals surface area contributed by atoms with E-state index in [0.29, 0.717) is 5.92 Å². The molecule has 158 valence electrons. The number of rotatable bonds is 5. The maximum absolute atomic E-state index is 12.6. The van der Waals surface area contributed by atoms with Crippen LogP contribution < -0.4 is 0 Å². The van der Waals surface area contributed by atoms with Gasteiger partial charge in [0.2, 0.25) is 5.91 Å². The van der Waals surface area contributed by atoms with E-state index in [4.69, 9.17) is 0 Å². The van der Waals surface area contributed by atoms with Gasteiger partial charge in [-0.3, -0.25) is 9.69 Å². The molecule has 1 aromatic carbocycles. The molecule has 30 heavy (non-hydrogen) atoms. The molecule has 0 radical (unpaired) electrons. The average Bonchev–Trinajstić information content (AvgIpc) is 3.51. The van der Waals surface area contributed by atoms with Crippen molar-refractivity contribution in [1.29, 1.82) is 5.26 Å². The van der Waals surface area contributed by atoms with Crippen LogP contribution in [0.4, 0.5) is 0 Å². The van der Waals surface area contributed by atoms with Crippen LogP contribution in [0.2, 0.25) is 0 Å². The highest BCUT2D eigenvalue weighted by Crippen LogP contribution is 2.37. The number of hydrogen-bond acceptors (Lipinski definition) is 3. The summed E-state index contributed by atoms with van der Waals surface area (Å²) in [7, 11) is 0.